The molecule has 0 aromatic heterocycles. The summed E-state index contributed by atoms with van der Waals surface area (Å²) in [7, 11) is 0. The quantitative estimate of drug-likeness (QED) is 0.820. The predicted molar refractivity (Wildman–Crippen MR) is 111 cm³/mol. The minimum Gasteiger partial charge on any atom is -0.478 e. The Labute approximate surface area is 176 Å². The molecule has 3 aliphatic heterocycles. The average Bonchev–Trinajstić information content (AvgIpc) is 3.40. The Morgan fingerprint density at radius 1 is 1.03 bits per heavy atom. The monoisotopic (exact) mass is 411 g/mol. The third-order valence-corrected chi connectivity index (χ3v) is 7.56. The molecule has 160 valence electrons. The Morgan fingerprint density at radius 2 is 1.73 bits per heavy atom. The molecule has 3 fully saturated rings. The maximum Gasteiger partial charge on any atom is 0.335 e. The van der Waals surface area contributed by atoms with Gasteiger partial charge in [0.25, 0.3) is 0 Å². The largest absolute Gasteiger partial charge is 0.478 e. The molecule has 0 bridgehead atoms. The van der Waals surface area contributed by atoms with Gasteiger partial charge in [-0.3, -0.25) is 14.5 Å². The summed E-state index contributed by atoms with van der Waals surface area (Å²) in [5, 5.41) is 9.19. The average molecular weight is 412 g/mol. The van der Waals surface area contributed by atoms with Gasteiger partial charge in [-0.1, -0.05) is 6.42 Å². The molecule has 5 rings (SSSR count). The molecule has 2 atom stereocenters. The van der Waals surface area contributed by atoms with E-state index in [-0.39, 0.29) is 29.8 Å². The first-order valence-electron chi connectivity index (χ1n) is 11.2. The number of piperidine rings is 1. The van der Waals surface area contributed by atoms with Crippen LogP contribution < -0.4 is 4.90 Å². The Balaban J connectivity index is 1.17. The van der Waals surface area contributed by atoms with Crippen molar-refractivity contribution in [3.8, 4) is 0 Å². The molecule has 1 N–H and O–H groups in total. The number of aromatic carboxylic acids is 1. The van der Waals surface area contributed by atoms with E-state index in [4.69, 9.17) is 0 Å². The summed E-state index contributed by atoms with van der Waals surface area (Å²) in [6.45, 7) is 3.99. The molecule has 7 nitrogen and oxygen atoms in total. The van der Waals surface area contributed by atoms with Gasteiger partial charge in [-0.25, -0.2) is 4.79 Å². The maximum absolute atomic E-state index is 12.8. The lowest BCUT2D eigenvalue weighted by Crippen LogP contribution is -2.49. The zero-order chi connectivity index (χ0) is 20.8. The van der Waals surface area contributed by atoms with E-state index in [2.05, 4.69) is 9.80 Å². The number of rotatable bonds is 4. The summed E-state index contributed by atoms with van der Waals surface area (Å²) in [6.07, 6.45) is 5.82. The number of hydrogen-bond donors (Lipinski definition) is 1. The van der Waals surface area contributed by atoms with Gasteiger partial charge >= 0.3 is 5.97 Å². The van der Waals surface area contributed by atoms with Gasteiger partial charge in [0.05, 0.1) is 18.5 Å². The molecule has 2 saturated heterocycles. The number of carbonyl (C=O) groups excluding carboxylic acids is 2. The van der Waals surface area contributed by atoms with E-state index in [9.17, 15) is 19.5 Å². The first-order valence-corrected chi connectivity index (χ1v) is 11.2. The highest BCUT2D eigenvalue weighted by atomic mass is 16.4. The molecule has 0 spiro atoms. The fourth-order valence-corrected chi connectivity index (χ4v) is 5.94. The number of carbonyl (C=O) groups is 3. The van der Waals surface area contributed by atoms with E-state index in [1.807, 2.05) is 4.90 Å². The number of fused-ring (bicyclic) bond motifs is 2. The second-order valence-corrected chi connectivity index (χ2v) is 9.35. The number of likely N-dealkylation sites (tertiary alicyclic amines) is 2. The number of nitrogens with zero attached hydrogens (tertiary/aromatic N) is 3. The van der Waals surface area contributed by atoms with Gasteiger partial charge in [0.1, 0.15) is 0 Å². The van der Waals surface area contributed by atoms with Gasteiger partial charge in [0.2, 0.25) is 11.8 Å². The minimum atomic E-state index is -0.969. The summed E-state index contributed by atoms with van der Waals surface area (Å²) in [6, 6.07) is 5.08. The highest BCUT2D eigenvalue weighted by molar-refractivity contribution is 6.03. The zero-order valence-electron chi connectivity index (χ0n) is 17.3. The Kier molecular flexibility index (Phi) is 5.01. The first kappa shape index (κ1) is 19.5. The van der Waals surface area contributed by atoms with Crippen LogP contribution in [0.5, 0.6) is 0 Å². The molecule has 1 aliphatic carbocycles. The number of carboxylic acids is 1. The maximum atomic E-state index is 12.8. The van der Waals surface area contributed by atoms with Crippen molar-refractivity contribution in [2.24, 2.45) is 11.8 Å². The van der Waals surface area contributed by atoms with Crippen LogP contribution in [0.3, 0.4) is 0 Å². The summed E-state index contributed by atoms with van der Waals surface area (Å²) in [4.78, 5) is 42.8. The lowest BCUT2D eigenvalue weighted by Gasteiger charge is -2.37. The standard InChI is InChI=1S/C23H29N3O4/c27-21-11-18-10-15(23(29)30)4-5-20(18)26(21)19-6-8-24(9-7-19)14-22(28)25-12-16-2-1-3-17(16)13-25/h4-5,10,16-17,19H,1-3,6-9,11-14H2,(H,29,30)/t16-,17+. The number of benzene rings is 1. The van der Waals surface area contributed by atoms with Gasteiger partial charge in [0.15, 0.2) is 0 Å². The Hall–Kier alpha value is -2.41. The van der Waals surface area contributed by atoms with Crippen molar-refractivity contribution in [1.82, 2.24) is 9.80 Å². The van der Waals surface area contributed by atoms with Crippen molar-refractivity contribution in [2.75, 3.05) is 37.6 Å². The van der Waals surface area contributed by atoms with Crippen molar-refractivity contribution in [1.29, 1.82) is 0 Å². The number of anilines is 1. The molecule has 2 amide bonds. The summed E-state index contributed by atoms with van der Waals surface area (Å²) in [5.41, 5.74) is 1.88. The second kappa shape index (κ2) is 7.69. The third-order valence-electron chi connectivity index (χ3n) is 7.56. The number of amides is 2. The van der Waals surface area contributed by atoms with Crippen molar-refractivity contribution in [3.63, 3.8) is 0 Å². The van der Waals surface area contributed by atoms with Gasteiger partial charge in [0, 0.05) is 37.9 Å². The number of hydrogen-bond acceptors (Lipinski definition) is 4. The highest BCUT2D eigenvalue weighted by Crippen LogP contribution is 2.38. The van der Waals surface area contributed by atoms with Gasteiger partial charge in [-0.2, -0.15) is 0 Å². The van der Waals surface area contributed by atoms with Crippen molar-refractivity contribution >= 4 is 23.5 Å². The highest BCUT2D eigenvalue weighted by Gasteiger charge is 2.39. The second-order valence-electron chi connectivity index (χ2n) is 9.35. The van der Waals surface area contributed by atoms with Crippen LogP contribution in [0.2, 0.25) is 0 Å². The predicted octanol–water partition coefficient (Wildman–Crippen LogP) is 2.00. The third kappa shape index (κ3) is 3.49. The van der Waals surface area contributed by atoms with Crippen LogP contribution in [-0.4, -0.2) is 71.5 Å². The molecule has 3 heterocycles. The molecule has 1 aromatic rings. The lowest BCUT2D eigenvalue weighted by molar-refractivity contribution is -0.132. The molecule has 30 heavy (non-hydrogen) atoms. The molecule has 7 heteroatoms. The van der Waals surface area contributed by atoms with E-state index in [0.29, 0.717) is 6.54 Å². The molecule has 1 saturated carbocycles. The summed E-state index contributed by atoms with van der Waals surface area (Å²) >= 11 is 0. The van der Waals surface area contributed by atoms with Crippen LogP contribution in [0.1, 0.15) is 48.0 Å². The molecule has 4 aliphatic rings. The van der Waals surface area contributed by atoms with Crippen LogP contribution in [0.25, 0.3) is 0 Å². The van der Waals surface area contributed by atoms with Crippen LogP contribution in [0.4, 0.5) is 5.69 Å². The van der Waals surface area contributed by atoms with E-state index in [1.54, 1.807) is 18.2 Å². The fourth-order valence-electron chi connectivity index (χ4n) is 5.94. The Bertz CT molecular complexity index is 865. The van der Waals surface area contributed by atoms with Gasteiger partial charge < -0.3 is 14.9 Å². The molecule has 1 aromatic carbocycles. The minimum absolute atomic E-state index is 0.0469. The molecule has 0 unspecified atom stereocenters. The van der Waals surface area contributed by atoms with Crippen molar-refractivity contribution in [3.05, 3.63) is 29.3 Å². The summed E-state index contributed by atoms with van der Waals surface area (Å²) < 4.78 is 0. The van der Waals surface area contributed by atoms with E-state index >= 15 is 0 Å². The van der Waals surface area contributed by atoms with Crippen LogP contribution in [-0.2, 0) is 16.0 Å². The molecular formula is C23H29N3O4. The fraction of sp³-hybridized carbons (Fsp3) is 0.609. The van der Waals surface area contributed by atoms with Crippen molar-refractivity contribution < 1.29 is 19.5 Å². The van der Waals surface area contributed by atoms with E-state index < -0.39 is 5.97 Å². The summed E-state index contributed by atoms with van der Waals surface area (Å²) in [5.74, 6) is 0.783. The van der Waals surface area contributed by atoms with Crippen LogP contribution >= 0.6 is 0 Å². The van der Waals surface area contributed by atoms with Crippen LogP contribution in [0.15, 0.2) is 18.2 Å². The SMILES string of the molecule is O=C(O)c1ccc2c(c1)CC(=O)N2C1CCN(CC(=O)N2C[C@H]3CCC[C@H]3C2)CC1. The lowest BCUT2D eigenvalue weighted by atomic mass is 10.0. The van der Waals surface area contributed by atoms with E-state index in [1.165, 1.54) is 19.3 Å². The Morgan fingerprint density at radius 3 is 2.40 bits per heavy atom. The molecular weight excluding hydrogens is 382 g/mol. The topological polar surface area (TPSA) is 81.2 Å². The normalized spacial score (nSPS) is 26.9. The van der Waals surface area contributed by atoms with Crippen LogP contribution in [0, 0.1) is 11.8 Å². The number of carboxylic acid groups (broad SMARTS) is 1. The zero-order valence-corrected chi connectivity index (χ0v) is 17.3. The molecule has 0 radical (unpaired) electrons. The van der Waals surface area contributed by atoms with Gasteiger partial charge in [-0.15, -0.1) is 0 Å². The van der Waals surface area contributed by atoms with Crippen molar-refractivity contribution in [2.45, 2.75) is 44.6 Å². The smallest absolute Gasteiger partial charge is 0.335 e. The van der Waals surface area contributed by atoms with E-state index in [0.717, 1.165) is 62.1 Å². The van der Waals surface area contributed by atoms with Gasteiger partial charge in [-0.05, 0) is 61.3 Å². The first-order chi connectivity index (χ1) is 14.5.